The Kier molecular flexibility index (Phi) is 3.50. The van der Waals surface area contributed by atoms with Gasteiger partial charge in [0.2, 0.25) is 0 Å². The Hall–Kier alpha value is -1.79. The molecule has 3 nitrogen and oxygen atoms in total. The second-order valence-electron chi connectivity index (χ2n) is 5.75. The smallest absolute Gasteiger partial charge is 0.121 e. The number of benzene rings is 1. The first-order valence-corrected chi connectivity index (χ1v) is 7.28. The van der Waals surface area contributed by atoms with Gasteiger partial charge in [0.25, 0.3) is 0 Å². The summed E-state index contributed by atoms with van der Waals surface area (Å²) in [5.74, 6) is 0.644. The van der Waals surface area contributed by atoms with Gasteiger partial charge in [0.1, 0.15) is 11.8 Å². The molecule has 1 aromatic heterocycles. The van der Waals surface area contributed by atoms with E-state index in [0.717, 1.165) is 38.3 Å². The van der Waals surface area contributed by atoms with Gasteiger partial charge >= 0.3 is 0 Å². The van der Waals surface area contributed by atoms with Gasteiger partial charge in [0.15, 0.2) is 0 Å². The van der Waals surface area contributed by atoms with Crippen LogP contribution < -0.4 is 0 Å². The molecule has 0 aliphatic carbocycles. The number of rotatable bonds is 3. The summed E-state index contributed by atoms with van der Waals surface area (Å²) in [6, 6.07) is 8.66. The predicted molar refractivity (Wildman–Crippen MR) is 79.7 cm³/mol. The number of nitrogens with zero attached hydrogens (tertiary/aromatic N) is 2. The summed E-state index contributed by atoms with van der Waals surface area (Å²) in [5, 5.41) is 10.6. The van der Waals surface area contributed by atoms with E-state index in [1.54, 1.807) is 0 Å². The molecule has 1 fully saturated rings. The van der Waals surface area contributed by atoms with Gasteiger partial charge in [-0.2, -0.15) is 5.26 Å². The fraction of sp³-hybridized carbons (Fsp3) is 0.471. The second kappa shape index (κ2) is 5.30. The van der Waals surface area contributed by atoms with E-state index < -0.39 is 0 Å². The number of aryl methyl sites for hydroxylation is 3. The van der Waals surface area contributed by atoms with Gasteiger partial charge in [0.05, 0.1) is 0 Å². The number of nitriles is 1. The molecule has 1 saturated heterocycles. The van der Waals surface area contributed by atoms with Gasteiger partial charge in [-0.3, -0.25) is 0 Å². The summed E-state index contributed by atoms with van der Waals surface area (Å²) in [6.07, 6.45) is 2.24. The number of aromatic nitrogens is 1. The molecule has 1 aliphatic heterocycles. The van der Waals surface area contributed by atoms with Crippen molar-refractivity contribution in [2.45, 2.75) is 33.2 Å². The van der Waals surface area contributed by atoms with Crippen molar-refractivity contribution in [3.63, 3.8) is 0 Å². The Morgan fingerprint density at radius 2 is 2.25 bits per heavy atom. The first-order chi connectivity index (χ1) is 9.70. The van der Waals surface area contributed by atoms with E-state index in [2.05, 4.69) is 36.6 Å². The zero-order valence-electron chi connectivity index (χ0n) is 12.1. The van der Waals surface area contributed by atoms with Gasteiger partial charge in [-0.1, -0.05) is 6.07 Å². The van der Waals surface area contributed by atoms with Crippen molar-refractivity contribution < 1.29 is 4.74 Å². The number of hydrogen-bond donors (Lipinski definition) is 0. The molecule has 0 saturated carbocycles. The topological polar surface area (TPSA) is 38.0 Å². The summed E-state index contributed by atoms with van der Waals surface area (Å²) in [4.78, 5) is 0. The molecule has 1 atom stereocenters. The van der Waals surface area contributed by atoms with Crippen molar-refractivity contribution in [1.29, 1.82) is 5.26 Å². The Morgan fingerprint density at radius 1 is 1.40 bits per heavy atom. The van der Waals surface area contributed by atoms with Crippen LogP contribution in [0.3, 0.4) is 0 Å². The fourth-order valence-corrected chi connectivity index (χ4v) is 3.04. The minimum atomic E-state index is 0.644. The van der Waals surface area contributed by atoms with Crippen LogP contribution in [-0.4, -0.2) is 17.8 Å². The summed E-state index contributed by atoms with van der Waals surface area (Å²) in [7, 11) is 0. The van der Waals surface area contributed by atoms with Crippen LogP contribution in [-0.2, 0) is 11.3 Å². The molecule has 0 spiro atoms. The highest BCUT2D eigenvalue weighted by atomic mass is 16.5. The van der Waals surface area contributed by atoms with Crippen molar-refractivity contribution in [2.75, 3.05) is 13.2 Å². The normalized spacial score (nSPS) is 18.6. The van der Waals surface area contributed by atoms with Crippen LogP contribution in [0.1, 0.15) is 29.7 Å². The SMILES string of the molecule is Cc1ccc2c(cc(C#N)n2CCC2CCOC2)c1C. The predicted octanol–water partition coefficient (Wildman–Crippen LogP) is 3.56. The quantitative estimate of drug-likeness (QED) is 0.853. The first kappa shape index (κ1) is 13.2. The van der Waals surface area contributed by atoms with E-state index >= 15 is 0 Å². The summed E-state index contributed by atoms with van der Waals surface area (Å²) in [6.45, 7) is 6.92. The highest BCUT2D eigenvalue weighted by Crippen LogP contribution is 2.27. The molecule has 0 N–H and O–H groups in total. The lowest BCUT2D eigenvalue weighted by Crippen LogP contribution is -2.07. The Balaban J connectivity index is 1.96. The summed E-state index contributed by atoms with van der Waals surface area (Å²) in [5.41, 5.74) is 4.52. The van der Waals surface area contributed by atoms with E-state index in [0.29, 0.717) is 5.92 Å². The lowest BCUT2D eigenvalue weighted by atomic mass is 10.0. The largest absolute Gasteiger partial charge is 0.381 e. The third-order valence-electron chi connectivity index (χ3n) is 4.52. The lowest BCUT2D eigenvalue weighted by Gasteiger charge is -2.11. The molecule has 1 unspecified atom stereocenters. The third kappa shape index (κ3) is 2.21. The molecule has 2 heterocycles. The Morgan fingerprint density at radius 3 is 2.95 bits per heavy atom. The number of fused-ring (bicyclic) bond motifs is 1. The molecule has 104 valence electrons. The maximum absolute atomic E-state index is 9.38. The lowest BCUT2D eigenvalue weighted by molar-refractivity contribution is 0.183. The zero-order chi connectivity index (χ0) is 14.1. The maximum atomic E-state index is 9.38. The third-order valence-corrected chi connectivity index (χ3v) is 4.52. The molecule has 3 heteroatoms. The van der Waals surface area contributed by atoms with Crippen LogP contribution in [0.25, 0.3) is 10.9 Å². The Labute approximate surface area is 119 Å². The van der Waals surface area contributed by atoms with E-state index in [1.807, 2.05) is 6.07 Å². The molecule has 1 aliphatic rings. The average molecular weight is 268 g/mol. The summed E-state index contributed by atoms with van der Waals surface area (Å²) >= 11 is 0. The maximum Gasteiger partial charge on any atom is 0.121 e. The van der Waals surface area contributed by atoms with Crippen LogP contribution in [0.4, 0.5) is 0 Å². The zero-order valence-corrected chi connectivity index (χ0v) is 12.1. The molecule has 3 rings (SSSR count). The van der Waals surface area contributed by atoms with Gasteiger partial charge in [0, 0.05) is 30.7 Å². The van der Waals surface area contributed by atoms with Crippen molar-refractivity contribution in [1.82, 2.24) is 4.57 Å². The molecule has 20 heavy (non-hydrogen) atoms. The average Bonchev–Trinajstić information content (AvgIpc) is 3.08. The van der Waals surface area contributed by atoms with Crippen molar-refractivity contribution >= 4 is 10.9 Å². The van der Waals surface area contributed by atoms with Gasteiger partial charge in [-0.25, -0.2) is 0 Å². The standard InChI is InChI=1S/C17H20N2O/c1-12-3-4-17-16(13(12)2)9-15(10-18)19(17)7-5-14-6-8-20-11-14/h3-4,9,14H,5-8,11H2,1-2H3. The molecule has 2 aromatic rings. The minimum Gasteiger partial charge on any atom is -0.381 e. The monoisotopic (exact) mass is 268 g/mol. The van der Waals surface area contributed by atoms with Crippen molar-refractivity contribution in [2.24, 2.45) is 5.92 Å². The van der Waals surface area contributed by atoms with Crippen molar-refractivity contribution in [3.8, 4) is 6.07 Å². The highest BCUT2D eigenvalue weighted by Gasteiger charge is 2.17. The van der Waals surface area contributed by atoms with Crippen LogP contribution in [0.2, 0.25) is 0 Å². The van der Waals surface area contributed by atoms with Crippen LogP contribution in [0.5, 0.6) is 0 Å². The first-order valence-electron chi connectivity index (χ1n) is 7.28. The number of hydrogen-bond acceptors (Lipinski definition) is 2. The number of ether oxygens (including phenoxy) is 1. The van der Waals surface area contributed by atoms with E-state index in [9.17, 15) is 5.26 Å². The van der Waals surface area contributed by atoms with Gasteiger partial charge in [-0.05, 0) is 55.9 Å². The van der Waals surface area contributed by atoms with Crippen LogP contribution in [0, 0.1) is 31.1 Å². The van der Waals surface area contributed by atoms with Gasteiger partial charge < -0.3 is 9.30 Å². The van der Waals surface area contributed by atoms with E-state index in [-0.39, 0.29) is 0 Å². The molecule has 0 bridgehead atoms. The molecule has 1 aromatic carbocycles. The summed E-state index contributed by atoms with van der Waals surface area (Å²) < 4.78 is 7.60. The van der Waals surface area contributed by atoms with Crippen LogP contribution >= 0.6 is 0 Å². The van der Waals surface area contributed by atoms with Crippen LogP contribution in [0.15, 0.2) is 18.2 Å². The second-order valence-corrected chi connectivity index (χ2v) is 5.75. The minimum absolute atomic E-state index is 0.644. The highest BCUT2D eigenvalue weighted by molar-refractivity contribution is 5.86. The molecular weight excluding hydrogens is 248 g/mol. The Bertz CT molecular complexity index is 672. The molecular formula is C17H20N2O. The van der Waals surface area contributed by atoms with E-state index in [4.69, 9.17) is 4.74 Å². The van der Waals surface area contributed by atoms with Gasteiger partial charge in [-0.15, -0.1) is 0 Å². The molecule has 0 radical (unpaired) electrons. The van der Waals surface area contributed by atoms with Crippen molar-refractivity contribution in [3.05, 3.63) is 35.0 Å². The molecule has 0 amide bonds. The fourth-order valence-electron chi connectivity index (χ4n) is 3.04. The van der Waals surface area contributed by atoms with E-state index in [1.165, 1.54) is 22.0 Å².